The van der Waals surface area contributed by atoms with Crippen LogP contribution in [0.2, 0.25) is 0 Å². The maximum absolute atomic E-state index is 9.70. The minimum Gasteiger partial charge on any atom is -0.504 e. The number of methoxy groups -OCH3 is 1. The van der Waals surface area contributed by atoms with E-state index in [0.717, 1.165) is 13.1 Å². The number of phenolic OH excluding ortho intramolecular Hbond substituents is 1. The highest BCUT2D eigenvalue weighted by Gasteiger charge is 2.16. The molecule has 0 aliphatic heterocycles. The second-order valence-corrected chi connectivity index (χ2v) is 5.35. The van der Waals surface area contributed by atoms with Gasteiger partial charge in [-0.1, -0.05) is 32.8 Å². The molecule has 0 saturated heterocycles. The molecule has 1 atom stereocenters. The lowest BCUT2D eigenvalue weighted by atomic mass is 10.0. The van der Waals surface area contributed by atoms with Gasteiger partial charge in [0.2, 0.25) is 0 Å². The molecule has 0 aliphatic carbocycles. The molecular formula is C17H29NO2. The summed E-state index contributed by atoms with van der Waals surface area (Å²) in [6.45, 7) is 8.94. The number of benzene rings is 1. The summed E-state index contributed by atoms with van der Waals surface area (Å²) in [4.78, 5) is 2.53. The molecule has 114 valence electrons. The second-order valence-electron chi connectivity index (χ2n) is 5.35. The number of ether oxygens (including phenoxy) is 1. The van der Waals surface area contributed by atoms with Gasteiger partial charge in [0.1, 0.15) is 0 Å². The van der Waals surface area contributed by atoms with Crippen molar-refractivity contribution >= 4 is 0 Å². The van der Waals surface area contributed by atoms with Gasteiger partial charge < -0.3 is 9.84 Å². The number of hydrogen-bond donors (Lipinski definition) is 1. The Hall–Kier alpha value is -1.22. The topological polar surface area (TPSA) is 32.7 Å². The molecule has 0 amide bonds. The van der Waals surface area contributed by atoms with E-state index in [1.165, 1.54) is 31.2 Å². The van der Waals surface area contributed by atoms with Crippen LogP contribution in [0.1, 0.15) is 58.1 Å². The number of nitrogens with zero attached hydrogens (tertiary/aromatic N) is 1. The molecule has 0 fully saturated rings. The Bertz CT molecular complexity index is 385. The Morgan fingerprint density at radius 3 is 2.25 bits per heavy atom. The summed E-state index contributed by atoms with van der Waals surface area (Å²) < 4.78 is 5.21. The van der Waals surface area contributed by atoms with E-state index >= 15 is 0 Å². The van der Waals surface area contributed by atoms with E-state index in [9.17, 15) is 5.11 Å². The zero-order valence-electron chi connectivity index (χ0n) is 13.4. The van der Waals surface area contributed by atoms with Gasteiger partial charge >= 0.3 is 0 Å². The summed E-state index contributed by atoms with van der Waals surface area (Å²) in [7, 11) is 1.59. The molecule has 1 rings (SSSR count). The fourth-order valence-corrected chi connectivity index (χ4v) is 2.39. The van der Waals surface area contributed by atoms with E-state index < -0.39 is 0 Å². The van der Waals surface area contributed by atoms with Gasteiger partial charge in [-0.3, -0.25) is 4.90 Å². The molecule has 1 N–H and O–H groups in total. The summed E-state index contributed by atoms with van der Waals surface area (Å²) in [6, 6.07) is 6.02. The minimum atomic E-state index is 0.206. The van der Waals surface area contributed by atoms with E-state index in [4.69, 9.17) is 4.74 Å². The molecule has 0 saturated carbocycles. The zero-order valence-corrected chi connectivity index (χ0v) is 13.4. The molecular weight excluding hydrogens is 250 g/mol. The SMILES string of the molecule is CCCCN(CCCC)C(C)c1ccc(O)c(OC)c1. The fourth-order valence-electron chi connectivity index (χ4n) is 2.39. The number of hydrogen-bond acceptors (Lipinski definition) is 3. The van der Waals surface area contributed by atoms with Crippen LogP contribution in [-0.4, -0.2) is 30.2 Å². The average Bonchev–Trinajstić information content (AvgIpc) is 2.47. The number of phenols is 1. The monoisotopic (exact) mass is 279 g/mol. The number of unbranched alkanes of at least 4 members (excludes halogenated alkanes) is 2. The van der Waals surface area contributed by atoms with Crippen LogP contribution in [-0.2, 0) is 0 Å². The van der Waals surface area contributed by atoms with Crippen LogP contribution in [0.3, 0.4) is 0 Å². The zero-order chi connectivity index (χ0) is 15.0. The molecule has 1 unspecified atom stereocenters. The molecule has 0 aromatic heterocycles. The summed E-state index contributed by atoms with van der Waals surface area (Å²) in [5, 5.41) is 9.70. The van der Waals surface area contributed by atoms with E-state index in [1.807, 2.05) is 12.1 Å². The predicted molar refractivity (Wildman–Crippen MR) is 84.5 cm³/mol. The standard InChI is InChI=1S/C17H29NO2/c1-5-7-11-18(12-8-6-2)14(3)15-9-10-16(19)17(13-15)20-4/h9-10,13-14,19H,5-8,11-12H2,1-4H3. The fraction of sp³-hybridized carbons (Fsp3) is 0.647. The molecule has 0 radical (unpaired) electrons. The molecule has 3 heteroatoms. The first-order chi connectivity index (χ1) is 9.63. The Morgan fingerprint density at radius 1 is 1.15 bits per heavy atom. The largest absolute Gasteiger partial charge is 0.504 e. The van der Waals surface area contributed by atoms with Crippen LogP contribution in [0, 0.1) is 0 Å². The molecule has 1 aromatic carbocycles. The predicted octanol–water partition coefficient (Wildman–Crippen LogP) is 4.36. The van der Waals surface area contributed by atoms with Crippen LogP contribution in [0.15, 0.2) is 18.2 Å². The van der Waals surface area contributed by atoms with E-state index in [0.29, 0.717) is 11.8 Å². The van der Waals surface area contributed by atoms with Gasteiger partial charge in [0.25, 0.3) is 0 Å². The Balaban J connectivity index is 2.83. The van der Waals surface area contributed by atoms with Gasteiger partial charge in [-0.05, 0) is 50.6 Å². The Kier molecular flexibility index (Phi) is 7.45. The highest BCUT2D eigenvalue weighted by Crippen LogP contribution is 2.31. The summed E-state index contributed by atoms with van der Waals surface area (Å²) in [5.41, 5.74) is 1.20. The quantitative estimate of drug-likeness (QED) is 0.729. The van der Waals surface area contributed by atoms with Crippen LogP contribution in [0.4, 0.5) is 0 Å². The lowest BCUT2D eigenvalue weighted by molar-refractivity contribution is 0.203. The van der Waals surface area contributed by atoms with E-state index in [-0.39, 0.29) is 5.75 Å². The molecule has 0 heterocycles. The summed E-state index contributed by atoms with van der Waals surface area (Å²) in [6.07, 6.45) is 4.88. The van der Waals surface area contributed by atoms with Crippen LogP contribution in [0.5, 0.6) is 11.5 Å². The molecule has 0 aliphatic rings. The highest BCUT2D eigenvalue weighted by molar-refractivity contribution is 5.42. The van der Waals surface area contributed by atoms with Gasteiger partial charge in [-0.15, -0.1) is 0 Å². The lowest BCUT2D eigenvalue weighted by Crippen LogP contribution is -2.29. The molecule has 20 heavy (non-hydrogen) atoms. The lowest BCUT2D eigenvalue weighted by Gasteiger charge is -2.29. The maximum atomic E-state index is 9.70. The molecule has 0 spiro atoms. The first-order valence-electron chi connectivity index (χ1n) is 7.74. The van der Waals surface area contributed by atoms with Gasteiger partial charge in [0.15, 0.2) is 11.5 Å². The average molecular weight is 279 g/mol. The van der Waals surface area contributed by atoms with Crippen molar-refractivity contribution in [1.29, 1.82) is 0 Å². The third-order valence-electron chi connectivity index (χ3n) is 3.83. The van der Waals surface area contributed by atoms with Crippen molar-refractivity contribution in [2.24, 2.45) is 0 Å². The minimum absolute atomic E-state index is 0.206. The Morgan fingerprint density at radius 2 is 1.75 bits per heavy atom. The van der Waals surface area contributed by atoms with Crippen molar-refractivity contribution in [3.8, 4) is 11.5 Å². The third-order valence-corrected chi connectivity index (χ3v) is 3.83. The van der Waals surface area contributed by atoms with Crippen LogP contribution >= 0.6 is 0 Å². The molecule has 1 aromatic rings. The highest BCUT2D eigenvalue weighted by atomic mass is 16.5. The first kappa shape index (κ1) is 16.8. The van der Waals surface area contributed by atoms with Gasteiger partial charge in [-0.25, -0.2) is 0 Å². The molecule has 0 bridgehead atoms. The second kappa shape index (κ2) is 8.85. The van der Waals surface area contributed by atoms with Crippen molar-refractivity contribution in [3.63, 3.8) is 0 Å². The summed E-state index contributed by atoms with van der Waals surface area (Å²) in [5.74, 6) is 0.761. The van der Waals surface area contributed by atoms with E-state index in [1.54, 1.807) is 13.2 Å². The van der Waals surface area contributed by atoms with E-state index in [2.05, 4.69) is 25.7 Å². The number of rotatable bonds is 9. The normalized spacial score (nSPS) is 12.7. The third kappa shape index (κ3) is 4.71. The maximum Gasteiger partial charge on any atom is 0.160 e. The summed E-state index contributed by atoms with van der Waals surface area (Å²) >= 11 is 0. The van der Waals surface area contributed by atoms with Crippen LogP contribution < -0.4 is 4.74 Å². The first-order valence-corrected chi connectivity index (χ1v) is 7.74. The van der Waals surface area contributed by atoms with Crippen molar-refractivity contribution in [2.75, 3.05) is 20.2 Å². The van der Waals surface area contributed by atoms with Gasteiger partial charge in [-0.2, -0.15) is 0 Å². The smallest absolute Gasteiger partial charge is 0.160 e. The molecule has 3 nitrogen and oxygen atoms in total. The van der Waals surface area contributed by atoms with Crippen molar-refractivity contribution in [3.05, 3.63) is 23.8 Å². The Labute approximate surface area is 123 Å². The van der Waals surface area contributed by atoms with Gasteiger partial charge in [0, 0.05) is 6.04 Å². The van der Waals surface area contributed by atoms with Crippen molar-refractivity contribution in [1.82, 2.24) is 4.90 Å². The van der Waals surface area contributed by atoms with Crippen LogP contribution in [0.25, 0.3) is 0 Å². The van der Waals surface area contributed by atoms with Crippen molar-refractivity contribution in [2.45, 2.75) is 52.5 Å². The van der Waals surface area contributed by atoms with Crippen molar-refractivity contribution < 1.29 is 9.84 Å². The van der Waals surface area contributed by atoms with Gasteiger partial charge in [0.05, 0.1) is 7.11 Å². The number of aromatic hydroxyl groups is 1.